The van der Waals surface area contributed by atoms with Crippen LogP contribution in [0.5, 0.6) is 0 Å². The van der Waals surface area contributed by atoms with Gasteiger partial charge in [0.2, 0.25) is 0 Å². The van der Waals surface area contributed by atoms with Crippen LogP contribution in [-0.4, -0.2) is 36.0 Å². The molecule has 3 nitrogen and oxygen atoms in total. The molecule has 0 saturated carbocycles. The predicted molar refractivity (Wildman–Crippen MR) is 74.4 cm³/mol. The van der Waals surface area contributed by atoms with Crippen molar-refractivity contribution in [1.29, 1.82) is 0 Å². The van der Waals surface area contributed by atoms with Crippen LogP contribution in [0.25, 0.3) is 0 Å². The van der Waals surface area contributed by atoms with Gasteiger partial charge in [-0.15, -0.1) is 0 Å². The van der Waals surface area contributed by atoms with E-state index < -0.39 is 0 Å². The van der Waals surface area contributed by atoms with Crippen molar-refractivity contribution in [2.75, 3.05) is 13.1 Å². The van der Waals surface area contributed by atoms with Crippen molar-refractivity contribution in [3.8, 4) is 0 Å². The van der Waals surface area contributed by atoms with E-state index in [-0.39, 0.29) is 18.0 Å². The molecule has 2 unspecified atom stereocenters. The van der Waals surface area contributed by atoms with E-state index in [4.69, 9.17) is 23.2 Å². The van der Waals surface area contributed by atoms with Gasteiger partial charge in [-0.25, -0.2) is 0 Å². The third-order valence-corrected chi connectivity index (χ3v) is 4.30. The summed E-state index contributed by atoms with van der Waals surface area (Å²) in [5, 5.41) is 4.09. The molecule has 1 fully saturated rings. The molecule has 1 heterocycles. The van der Waals surface area contributed by atoms with E-state index in [1.165, 1.54) is 0 Å². The van der Waals surface area contributed by atoms with Gasteiger partial charge in [-0.2, -0.15) is 0 Å². The van der Waals surface area contributed by atoms with E-state index in [1.807, 2.05) is 11.8 Å². The summed E-state index contributed by atoms with van der Waals surface area (Å²) in [6.07, 6.45) is 0. The Morgan fingerprint density at radius 3 is 2.83 bits per heavy atom. The number of nitrogens with zero attached hydrogens (tertiary/aromatic N) is 1. The molecule has 0 bridgehead atoms. The van der Waals surface area contributed by atoms with Crippen molar-refractivity contribution in [3.05, 3.63) is 33.8 Å². The molecular weight excluding hydrogens is 271 g/mol. The number of hydrogen-bond donors (Lipinski definition) is 1. The highest BCUT2D eigenvalue weighted by molar-refractivity contribution is 6.43. The predicted octanol–water partition coefficient (Wildman–Crippen LogP) is 2.82. The lowest BCUT2D eigenvalue weighted by atomic mass is 10.1. The first kappa shape index (κ1) is 13.7. The highest BCUT2D eigenvalue weighted by atomic mass is 35.5. The monoisotopic (exact) mass is 286 g/mol. The Kier molecular flexibility index (Phi) is 4.15. The van der Waals surface area contributed by atoms with Crippen LogP contribution in [0.4, 0.5) is 0 Å². The molecule has 0 radical (unpaired) electrons. The van der Waals surface area contributed by atoms with Crippen molar-refractivity contribution in [3.63, 3.8) is 0 Å². The van der Waals surface area contributed by atoms with Crippen LogP contribution in [0.2, 0.25) is 10.0 Å². The topological polar surface area (TPSA) is 32.3 Å². The zero-order chi connectivity index (χ0) is 13.3. The van der Waals surface area contributed by atoms with E-state index in [2.05, 4.69) is 12.2 Å². The summed E-state index contributed by atoms with van der Waals surface area (Å²) in [6, 6.07) is 5.57. The number of carbonyl (C=O) groups is 1. The highest BCUT2D eigenvalue weighted by Gasteiger charge is 2.29. The van der Waals surface area contributed by atoms with E-state index in [0.29, 0.717) is 22.2 Å². The number of hydrogen-bond acceptors (Lipinski definition) is 2. The van der Waals surface area contributed by atoms with Crippen LogP contribution in [0, 0.1) is 0 Å². The van der Waals surface area contributed by atoms with E-state index in [9.17, 15) is 4.79 Å². The smallest absolute Gasteiger partial charge is 0.255 e. The minimum Gasteiger partial charge on any atom is -0.333 e. The van der Waals surface area contributed by atoms with Crippen molar-refractivity contribution in [2.45, 2.75) is 25.9 Å². The van der Waals surface area contributed by atoms with E-state index >= 15 is 0 Å². The Morgan fingerprint density at radius 1 is 1.39 bits per heavy atom. The largest absolute Gasteiger partial charge is 0.333 e. The zero-order valence-corrected chi connectivity index (χ0v) is 11.9. The summed E-state index contributed by atoms with van der Waals surface area (Å²) in [5.74, 6) is -0.0525. The molecule has 0 spiro atoms. The van der Waals surface area contributed by atoms with Crippen LogP contribution in [-0.2, 0) is 0 Å². The zero-order valence-electron chi connectivity index (χ0n) is 10.4. The Balaban J connectivity index is 2.28. The molecule has 1 aromatic carbocycles. The van der Waals surface area contributed by atoms with Gasteiger partial charge >= 0.3 is 0 Å². The van der Waals surface area contributed by atoms with Crippen LogP contribution in [0.1, 0.15) is 24.2 Å². The van der Waals surface area contributed by atoms with Gasteiger partial charge in [-0.05, 0) is 26.0 Å². The van der Waals surface area contributed by atoms with Gasteiger partial charge in [0.25, 0.3) is 5.91 Å². The summed E-state index contributed by atoms with van der Waals surface area (Å²) < 4.78 is 0. The molecule has 1 amide bonds. The molecule has 0 aromatic heterocycles. The van der Waals surface area contributed by atoms with Gasteiger partial charge in [-0.1, -0.05) is 29.3 Å². The normalized spacial score (nSPS) is 24.1. The van der Waals surface area contributed by atoms with Gasteiger partial charge in [0.15, 0.2) is 0 Å². The molecule has 1 N–H and O–H groups in total. The van der Waals surface area contributed by atoms with E-state index in [1.54, 1.807) is 18.2 Å². The number of piperazine rings is 1. The molecule has 2 atom stereocenters. The summed E-state index contributed by atoms with van der Waals surface area (Å²) in [5.41, 5.74) is 0.477. The van der Waals surface area contributed by atoms with Crippen molar-refractivity contribution < 1.29 is 4.79 Å². The second-order valence-electron chi connectivity index (χ2n) is 4.58. The Bertz CT molecular complexity index is 464. The second kappa shape index (κ2) is 5.47. The van der Waals surface area contributed by atoms with Gasteiger partial charge < -0.3 is 10.2 Å². The van der Waals surface area contributed by atoms with Gasteiger partial charge in [-0.3, -0.25) is 4.79 Å². The molecule has 18 heavy (non-hydrogen) atoms. The average Bonchev–Trinajstić information content (AvgIpc) is 2.35. The van der Waals surface area contributed by atoms with Crippen molar-refractivity contribution in [2.24, 2.45) is 0 Å². The molecule has 5 heteroatoms. The molecule has 1 aromatic rings. The summed E-state index contributed by atoms with van der Waals surface area (Å²) >= 11 is 12.0. The summed E-state index contributed by atoms with van der Waals surface area (Å²) in [7, 11) is 0. The molecule has 1 saturated heterocycles. The molecule has 98 valence electrons. The maximum Gasteiger partial charge on any atom is 0.255 e. The standard InChI is InChI=1S/C13H16Cl2N2O/c1-8-9(2)17(7-6-16-8)13(18)10-4-3-5-11(14)12(10)15/h3-5,8-9,16H,6-7H2,1-2H3. The van der Waals surface area contributed by atoms with Gasteiger partial charge in [0, 0.05) is 25.2 Å². The molecular formula is C13H16Cl2N2O. The fraction of sp³-hybridized carbons (Fsp3) is 0.462. The lowest BCUT2D eigenvalue weighted by Crippen LogP contribution is -2.57. The number of carbonyl (C=O) groups excluding carboxylic acids is 1. The SMILES string of the molecule is CC1NCCN(C(=O)c2cccc(Cl)c2Cl)C1C. The second-order valence-corrected chi connectivity index (χ2v) is 5.37. The van der Waals surface area contributed by atoms with E-state index in [0.717, 1.165) is 6.54 Å². The summed E-state index contributed by atoms with van der Waals surface area (Å²) in [4.78, 5) is 14.3. The number of halogens is 2. The minimum absolute atomic E-state index is 0.0525. The maximum atomic E-state index is 12.5. The molecule has 1 aliphatic heterocycles. The third kappa shape index (κ3) is 2.48. The van der Waals surface area contributed by atoms with Crippen LogP contribution in [0.15, 0.2) is 18.2 Å². The molecule has 2 rings (SSSR count). The van der Waals surface area contributed by atoms with Gasteiger partial charge in [0.05, 0.1) is 15.6 Å². The fourth-order valence-corrected chi connectivity index (χ4v) is 2.55. The highest BCUT2D eigenvalue weighted by Crippen LogP contribution is 2.27. The van der Waals surface area contributed by atoms with Crippen molar-refractivity contribution >= 4 is 29.1 Å². The molecule has 0 aliphatic carbocycles. The number of nitrogens with one attached hydrogen (secondary N) is 1. The third-order valence-electron chi connectivity index (χ3n) is 3.48. The molecule has 1 aliphatic rings. The van der Waals surface area contributed by atoms with Crippen LogP contribution in [0.3, 0.4) is 0 Å². The fourth-order valence-electron chi connectivity index (χ4n) is 2.17. The average molecular weight is 287 g/mol. The minimum atomic E-state index is -0.0525. The summed E-state index contributed by atoms with van der Waals surface area (Å²) in [6.45, 7) is 5.60. The quantitative estimate of drug-likeness (QED) is 0.861. The maximum absolute atomic E-state index is 12.5. The lowest BCUT2D eigenvalue weighted by molar-refractivity contribution is 0.0603. The Hall–Kier alpha value is -0.770. The number of benzene rings is 1. The van der Waals surface area contributed by atoms with Crippen molar-refractivity contribution in [1.82, 2.24) is 10.2 Å². The van der Waals surface area contributed by atoms with Gasteiger partial charge in [0.1, 0.15) is 0 Å². The lowest BCUT2D eigenvalue weighted by Gasteiger charge is -2.38. The van der Waals surface area contributed by atoms with Crippen LogP contribution < -0.4 is 5.32 Å². The first-order chi connectivity index (χ1) is 8.52. The Morgan fingerprint density at radius 2 is 2.11 bits per heavy atom. The van der Waals surface area contributed by atoms with Crippen LogP contribution >= 0.6 is 23.2 Å². The first-order valence-electron chi connectivity index (χ1n) is 6.00. The first-order valence-corrected chi connectivity index (χ1v) is 6.76. The number of amides is 1. The number of rotatable bonds is 1. The Labute approximate surface area is 117 Å².